The fourth-order valence-electron chi connectivity index (χ4n) is 1.98. The molecule has 0 aliphatic carbocycles. The van der Waals surface area contributed by atoms with Gasteiger partial charge >= 0.3 is 5.97 Å². The van der Waals surface area contributed by atoms with Crippen molar-refractivity contribution in [1.82, 2.24) is 9.55 Å². The van der Waals surface area contributed by atoms with Gasteiger partial charge in [0.2, 0.25) is 0 Å². The molecule has 0 fully saturated rings. The Balaban J connectivity index is 3.21. The van der Waals surface area contributed by atoms with Crippen LogP contribution in [0.15, 0.2) is 12.4 Å². The predicted molar refractivity (Wildman–Crippen MR) is 62.5 cm³/mol. The van der Waals surface area contributed by atoms with Crippen LogP contribution >= 0.6 is 0 Å². The minimum Gasteiger partial charge on any atom is -0.479 e. The lowest BCUT2D eigenvalue weighted by Crippen LogP contribution is -2.39. The van der Waals surface area contributed by atoms with E-state index >= 15 is 0 Å². The van der Waals surface area contributed by atoms with Crippen LogP contribution in [0.25, 0.3) is 0 Å². The smallest absolute Gasteiger partial charge is 0.329 e. The molecule has 0 radical (unpaired) electrons. The highest BCUT2D eigenvalue weighted by Gasteiger charge is 2.35. The van der Waals surface area contributed by atoms with Crippen LogP contribution < -0.4 is 0 Å². The zero-order chi connectivity index (χ0) is 12.3. The van der Waals surface area contributed by atoms with E-state index in [9.17, 15) is 9.90 Å². The van der Waals surface area contributed by atoms with E-state index in [1.807, 2.05) is 20.8 Å². The number of aliphatic carboxylic acids is 1. The second kappa shape index (κ2) is 4.68. The largest absolute Gasteiger partial charge is 0.479 e. The predicted octanol–water partition coefficient (Wildman–Crippen LogP) is 2.61. The topological polar surface area (TPSA) is 55.1 Å². The van der Waals surface area contributed by atoms with Crippen molar-refractivity contribution in [2.24, 2.45) is 0 Å². The first kappa shape index (κ1) is 12.7. The van der Waals surface area contributed by atoms with Crippen molar-refractivity contribution in [1.29, 1.82) is 0 Å². The van der Waals surface area contributed by atoms with Gasteiger partial charge in [0.25, 0.3) is 0 Å². The second-order valence-electron chi connectivity index (χ2n) is 4.64. The number of hydrogen-bond acceptors (Lipinski definition) is 2. The van der Waals surface area contributed by atoms with Gasteiger partial charge in [-0.2, -0.15) is 0 Å². The van der Waals surface area contributed by atoms with Crippen LogP contribution in [-0.4, -0.2) is 20.6 Å². The normalized spacial score (nSPS) is 15.1. The van der Waals surface area contributed by atoms with Crippen LogP contribution in [0.5, 0.6) is 0 Å². The Morgan fingerprint density at radius 1 is 1.62 bits per heavy atom. The van der Waals surface area contributed by atoms with Crippen LogP contribution in [0.1, 0.15) is 52.3 Å². The molecular weight excluding hydrogens is 204 g/mol. The molecule has 1 N–H and O–H groups in total. The number of rotatable bonds is 5. The van der Waals surface area contributed by atoms with E-state index in [0.29, 0.717) is 6.42 Å². The maximum atomic E-state index is 11.4. The monoisotopic (exact) mass is 224 g/mol. The molecule has 0 aliphatic rings. The van der Waals surface area contributed by atoms with Gasteiger partial charge in [-0.1, -0.05) is 27.2 Å². The highest BCUT2D eigenvalue weighted by atomic mass is 16.4. The van der Waals surface area contributed by atoms with Crippen LogP contribution in [0.3, 0.4) is 0 Å². The zero-order valence-electron chi connectivity index (χ0n) is 10.4. The van der Waals surface area contributed by atoms with Crippen LogP contribution in [0.2, 0.25) is 0 Å². The standard InChI is InChI=1S/C12H20N2O2/c1-5-6-12(4,11(15)16)14-8-7-13-10(14)9(2)3/h7-9H,5-6H2,1-4H3,(H,15,16). The van der Waals surface area contributed by atoms with Crippen LogP contribution in [0, 0.1) is 0 Å². The van der Waals surface area contributed by atoms with Crippen molar-refractivity contribution in [2.45, 2.75) is 52.0 Å². The second-order valence-corrected chi connectivity index (χ2v) is 4.64. The third-order valence-corrected chi connectivity index (χ3v) is 2.91. The van der Waals surface area contributed by atoms with Gasteiger partial charge < -0.3 is 9.67 Å². The van der Waals surface area contributed by atoms with Crippen molar-refractivity contribution >= 4 is 5.97 Å². The number of carbonyl (C=O) groups is 1. The fourth-order valence-corrected chi connectivity index (χ4v) is 1.98. The first-order valence-electron chi connectivity index (χ1n) is 5.70. The maximum absolute atomic E-state index is 11.4. The summed E-state index contributed by atoms with van der Waals surface area (Å²) in [4.78, 5) is 15.7. The summed E-state index contributed by atoms with van der Waals surface area (Å²) < 4.78 is 1.80. The minimum absolute atomic E-state index is 0.227. The summed E-state index contributed by atoms with van der Waals surface area (Å²) in [5.74, 6) is 0.262. The number of nitrogens with zero attached hydrogens (tertiary/aromatic N) is 2. The third-order valence-electron chi connectivity index (χ3n) is 2.91. The molecule has 0 saturated heterocycles. The minimum atomic E-state index is -0.884. The Morgan fingerprint density at radius 2 is 2.25 bits per heavy atom. The van der Waals surface area contributed by atoms with Gasteiger partial charge in [-0.15, -0.1) is 0 Å². The molecule has 1 rings (SSSR count). The maximum Gasteiger partial charge on any atom is 0.329 e. The molecule has 0 spiro atoms. The molecule has 0 aliphatic heterocycles. The lowest BCUT2D eigenvalue weighted by atomic mass is 9.95. The van der Waals surface area contributed by atoms with E-state index in [-0.39, 0.29) is 5.92 Å². The summed E-state index contributed by atoms with van der Waals surface area (Å²) in [5.41, 5.74) is -0.884. The van der Waals surface area contributed by atoms with E-state index in [1.165, 1.54) is 0 Å². The molecule has 4 heteroatoms. The van der Waals surface area contributed by atoms with Crippen molar-refractivity contribution in [3.63, 3.8) is 0 Å². The lowest BCUT2D eigenvalue weighted by Gasteiger charge is -2.28. The molecule has 90 valence electrons. The summed E-state index contributed by atoms with van der Waals surface area (Å²) in [6.45, 7) is 7.79. The first-order chi connectivity index (χ1) is 7.43. The van der Waals surface area contributed by atoms with Gasteiger partial charge in [0.05, 0.1) is 0 Å². The van der Waals surface area contributed by atoms with Gasteiger partial charge in [0, 0.05) is 18.3 Å². The highest BCUT2D eigenvalue weighted by molar-refractivity contribution is 5.76. The van der Waals surface area contributed by atoms with E-state index in [4.69, 9.17) is 0 Å². The first-order valence-corrected chi connectivity index (χ1v) is 5.70. The summed E-state index contributed by atoms with van der Waals surface area (Å²) in [7, 11) is 0. The van der Waals surface area contributed by atoms with Crippen molar-refractivity contribution in [3.8, 4) is 0 Å². The Kier molecular flexibility index (Phi) is 3.73. The Morgan fingerprint density at radius 3 is 2.69 bits per heavy atom. The summed E-state index contributed by atoms with van der Waals surface area (Å²) in [6, 6.07) is 0. The van der Waals surface area contributed by atoms with Gasteiger partial charge in [-0.05, 0) is 13.3 Å². The van der Waals surface area contributed by atoms with E-state index in [0.717, 1.165) is 12.2 Å². The molecule has 1 heterocycles. The van der Waals surface area contributed by atoms with Gasteiger partial charge in [0.1, 0.15) is 11.4 Å². The Labute approximate surface area is 96.3 Å². The molecule has 1 aromatic rings. The molecule has 0 bridgehead atoms. The molecule has 0 saturated carbocycles. The molecule has 0 aromatic carbocycles. The van der Waals surface area contributed by atoms with Crippen molar-refractivity contribution in [3.05, 3.63) is 18.2 Å². The number of aromatic nitrogens is 2. The molecular formula is C12H20N2O2. The molecule has 1 atom stereocenters. The Bertz CT molecular complexity index is 371. The summed E-state index contributed by atoms with van der Waals surface area (Å²) >= 11 is 0. The van der Waals surface area contributed by atoms with E-state index < -0.39 is 11.5 Å². The van der Waals surface area contributed by atoms with Gasteiger partial charge in [0.15, 0.2) is 0 Å². The number of carboxylic acid groups (broad SMARTS) is 1. The molecule has 1 aromatic heterocycles. The molecule has 1 unspecified atom stereocenters. The lowest BCUT2D eigenvalue weighted by molar-refractivity contribution is -0.147. The quantitative estimate of drug-likeness (QED) is 0.836. The van der Waals surface area contributed by atoms with Crippen molar-refractivity contribution < 1.29 is 9.90 Å². The number of carboxylic acids is 1. The van der Waals surface area contributed by atoms with Gasteiger partial charge in [-0.25, -0.2) is 9.78 Å². The summed E-state index contributed by atoms with van der Waals surface area (Å²) in [6.07, 6.45) is 4.88. The fraction of sp³-hybridized carbons (Fsp3) is 0.667. The summed E-state index contributed by atoms with van der Waals surface area (Å²) in [5, 5.41) is 9.39. The van der Waals surface area contributed by atoms with E-state index in [1.54, 1.807) is 23.9 Å². The Hall–Kier alpha value is -1.32. The van der Waals surface area contributed by atoms with E-state index in [2.05, 4.69) is 4.98 Å². The highest BCUT2D eigenvalue weighted by Crippen LogP contribution is 2.27. The zero-order valence-corrected chi connectivity index (χ0v) is 10.4. The van der Waals surface area contributed by atoms with Crippen LogP contribution in [0.4, 0.5) is 0 Å². The molecule has 16 heavy (non-hydrogen) atoms. The SMILES string of the molecule is CCCC(C)(C(=O)O)n1ccnc1C(C)C. The van der Waals surface area contributed by atoms with Crippen LogP contribution in [-0.2, 0) is 10.3 Å². The third kappa shape index (κ3) is 2.10. The van der Waals surface area contributed by atoms with Gasteiger partial charge in [-0.3, -0.25) is 0 Å². The average Bonchev–Trinajstić information content (AvgIpc) is 2.66. The number of imidazole rings is 1. The number of hydrogen-bond donors (Lipinski definition) is 1. The average molecular weight is 224 g/mol. The molecule has 4 nitrogen and oxygen atoms in total. The molecule has 0 amide bonds. The van der Waals surface area contributed by atoms with Crippen molar-refractivity contribution in [2.75, 3.05) is 0 Å².